The van der Waals surface area contributed by atoms with Crippen molar-refractivity contribution in [2.24, 2.45) is 0 Å². The number of urea groups is 1. The van der Waals surface area contributed by atoms with Crippen LogP contribution in [0.1, 0.15) is 31.0 Å². The summed E-state index contributed by atoms with van der Waals surface area (Å²) < 4.78 is 38.2. The van der Waals surface area contributed by atoms with Gasteiger partial charge in [-0.05, 0) is 18.6 Å². The minimum absolute atomic E-state index is 0.0383. The molecular formula is C19H19ClF3N5O2. The lowest BCUT2D eigenvalue weighted by atomic mass is 10.1. The van der Waals surface area contributed by atoms with Crippen LogP contribution in [-0.2, 0) is 17.4 Å². The van der Waals surface area contributed by atoms with Crippen LogP contribution in [0.25, 0.3) is 0 Å². The molecule has 1 atom stereocenters. The van der Waals surface area contributed by atoms with Crippen molar-refractivity contribution in [2.75, 3.05) is 18.0 Å². The number of carbonyl (C=O) groups is 2. The zero-order valence-electron chi connectivity index (χ0n) is 16.1. The van der Waals surface area contributed by atoms with Gasteiger partial charge in [0.15, 0.2) is 5.78 Å². The summed E-state index contributed by atoms with van der Waals surface area (Å²) in [6.45, 7) is 2.01. The van der Waals surface area contributed by atoms with Gasteiger partial charge in [0.05, 0.1) is 36.1 Å². The number of hydrogen-bond donors (Lipinski definition) is 0. The fourth-order valence-corrected chi connectivity index (χ4v) is 3.32. The van der Waals surface area contributed by atoms with Crippen molar-refractivity contribution in [1.29, 1.82) is 0 Å². The van der Waals surface area contributed by atoms with Crippen molar-refractivity contribution in [1.82, 2.24) is 19.9 Å². The molecule has 1 aliphatic heterocycles. The lowest BCUT2D eigenvalue weighted by Gasteiger charge is -2.22. The third kappa shape index (κ3) is 5.05. The third-order valence-electron chi connectivity index (χ3n) is 4.65. The maximum absolute atomic E-state index is 12.9. The van der Waals surface area contributed by atoms with Crippen LogP contribution in [0.4, 0.5) is 23.9 Å². The van der Waals surface area contributed by atoms with E-state index in [-0.39, 0.29) is 37.3 Å². The SMILES string of the molecule is CCC[C@H]1CN(c2ncc(C(F)(F)F)cn2)C(=O)N1CC(=O)Cc1ccc(Cl)cn1. The topological polar surface area (TPSA) is 79.3 Å². The molecule has 30 heavy (non-hydrogen) atoms. The number of ketones is 1. The van der Waals surface area contributed by atoms with Gasteiger partial charge in [-0.25, -0.2) is 14.8 Å². The van der Waals surface area contributed by atoms with Crippen molar-refractivity contribution >= 4 is 29.4 Å². The van der Waals surface area contributed by atoms with Gasteiger partial charge in [0.1, 0.15) is 0 Å². The molecule has 0 aromatic carbocycles. The summed E-state index contributed by atoms with van der Waals surface area (Å²) in [7, 11) is 0. The fraction of sp³-hybridized carbons (Fsp3) is 0.421. The second-order valence-corrected chi connectivity index (χ2v) is 7.35. The van der Waals surface area contributed by atoms with Crippen LogP contribution in [0.5, 0.6) is 0 Å². The molecule has 0 unspecified atom stereocenters. The Morgan fingerprint density at radius 3 is 2.47 bits per heavy atom. The number of anilines is 1. The van der Waals surface area contributed by atoms with Crippen molar-refractivity contribution in [2.45, 2.75) is 38.4 Å². The first-order chi connectivity index (χ1) is 14.2. The Morgan fingerprint density at radius 2 is 1.90 bits per heavy atom. The quantitative estimate of drug-likeness (QED) is 0.653. The largest absolute Gasteiger partial charge is 0.419 e. The summed E-state index contributed by atoms with van der Waals surface area (Å²) in [5, 5.41) is 0.455. The van der Waals surface area contributed by atoms with E-state index in [4.69, 9.17) is 11.6 Å². The zero-order valence-corrected chi connectivity index (χ0v) is 16.8. The van der Waals surface area contributed by atoms with E-state index in [1.54, 1.807) is 12.1 Å². The molecule has 0 N–H and O–H groups in total. The van der Waals surface area contributed by atoms with Gasteiger partial charge < -0.3 is 4.90 Å². The smallest absolute Gasteiger partial charge is 0.312 e. The number of halogens is 4. The molecule has 2 aromatic rings. The average molecular weight is 442 g/mol. The van der Waals surface area contributed by atoms with Gasteiger partial charge in [-0.15, -0.1) is 0 Å². The summed E-state index contributed by atoms with van der Waals surface area (Å²) in [6.07, 6.45) is -0.398. The number of rotatable bonds is 7. The maximum atomic E-state index is 12.9. The number of nitrogens with zero attached hydrogens (tertiary/aromatic N) is 5. The number of amides is 2. The van der Waals surface area contributed by atoms with Crippen LogP contribution in [0, 0.1) is 0 Å². The molecule has 0 spiro atoms. The third-order valence-corrected chi connectivity index (χ3v) is 4.88. The highest BCUT2D eigenvalue weighted by atomic mass is 35.5. The Labute approximate surface area is 175 Å². The van der Waals surface area contributed by atoms with Crippen LogP contribution in [0.2, 0.25) is 5.02 Å². The molecule has 1 aliphatic rings. The van der Waals surface area contributed by atoms with Crippen LogP contribution >= 0.6 is 11.6 Å². The minimum Gasteiger partial charge on any atom is -0.312 e. The Bertz CT molecular complexity index is 906. The molecule has 0 saturated carbocycles. The number of carbonyl (C=O) groups excluding carboxylic acids is 2. The van der Waals surface area contributed by atoms with Gasteiger partial charge in [-0.2, -0.15) is 13.2 Å². The summed E-state index contributed by atoms with van der Waals surface area (Å²) in [5.74, 6) is -0.335. The second-order valence-electron chi connectivity index (χ2n) is 6.92. The number of hydrogen-bond acceptors (Lipinski definition) is 5. The summed E-state index contributed by atoms with van der Waals surface area (Å²) in [5.41, 5.74) is -0.462. The van der Waals surface area contributed by atoms with Crippen molar-refractivity contribution in [3.8, 4) is 0 Å². The van der Waals surface area contributed by atoms with Crippen LogP contribution in [0.15, 0.2) is 30.7 Å². The van der Waals surface area contributed by atoms with E-state index in [1.165, 1.54) is 16.0 Å². The monoisotopic (exact) mass is 441 g/mol. The molecule has 1 fully saturated rings. The first-order valence-corrected chi connectivity index (χ1v) is 9.66. The highest BCUT2D eigenvalue weighted by molar-refractivity contribution is 6.30. The van der Waals surface area contributed by atoms with E-state index in [1.807, 2.05) is 6.92 Å². The molecule has 3 rings (SSSR count). The van der Waals surface area contributed by atoms with Gasteiger partial charge in [0, 0.05) is 24.3 Å². The molecule has 3 heterocycles. The van der Waals surface area contributed by atoms with E-state index in [9.17, 15) is 22.8 Å². The number of pyridine rings is 1. The Hall–Kier alpha value is -2.75. The van der Waals surface area contributed by atoms with Crippen LogP contribution in [-0.4, -0.2) is 50.8 Å². The second kappa shape index (κ2) is 8.95. The summed E-state index contributed by atoms with van der Waals surface area (Å²) >= 11 is 5.79. The predicted molar refractivity (Wildman–Crippen MR) is 103 cm³/mol. The maximum Gasteiger partial charge on any atom is 0.419 e. The first-order valence-electron chi connectivity index (χ1n) is 9.28. The zero-order chi connectivity index (χ0) is 21.9. The van der Waals surface area contributed by atoms with Crippen molar-refractivity contribution < 1.29 is 22.8 Å². The first kappa shape index (κ1) is 21.9. The minimum atomic E-state index is -4.56. The molecule has 0 aliphatic carbocycles. The molecular weight excluding hydrogens is 423 g/mol. The van der Waals surface area contributed by atoms with Gasteiger partial charge in [-0.1, -0.05) is 24.9 Å². The normalized spacial score (nSPS) is 17.0. The fourth-order valence-electron chi connectivity index (χ4n) is 3.21. The molecule has 160 valence electrons. The van der Waals surface area contributed by atoms with Crippen LogP contribution < -0.4 is 4.90 Å². The van der Waals surface area contributed by atoms with Gasteiger partial charge in [0.2, 0.25) is 5.95 Å². The molecule has 2 amide bonds. The van der Waals surface area contributed by atoms with E-state index in [0.29, 0.717) is 29.5 Å². The number of Topliss-reactive ketones (excluding diaryl/α,β-unsaturated/α-hetero) is 1. The van der Waals surface area contributed by atoms with Crippen molar-refractivity contribution in [3.63, 3.8) is 0 Å². The predicted octanol–water partition coefficient (Wildman–Crippen LogP) is 3.77. The van der Waals surface area contributed by atoms with E-state index >= 15 is 0 Å². The van der Waals surface area contributed by atoms with E-state index in [0.717, 1.165) is 6.42 Å². The molecule has 0 radical (unpaired) electrons. The lowest BCUT2D eigenvalue weighted by molar-refractivity contribution is -0.138. The summed E-state index contributed by atoms with van der Waals surface area (Å²) in [4.78, 5) is 39.5. The Balaban J connectivity index is 1.73. The molecule has 1 saturated heterocycles. The standard InChI is InChI=1S/C19H19ClF3N5O2/c1-2-3-15-10-28(17-25-7-12(8-26-17)19(21,22)23)18(30)27(15)11-16(29)6-14-5-4-13(20)9-24-14/h4-5,7-9,15H,2-3,6,10-11H2,1H3/t15-/m0/s1. The van der Waals surface area contributed by atoms with E-state index < -0.39 is 17.8 Å². The van der Waals surface area contributed by atoms with Gasteiger partial charge >= 0.3 is 12.2 Å². The molecule has 0 bridgehead atoms. The van der Waals surface area contributed by atoms with Gasteiger partial charge in [-0.3, -0.25) is 14.7 Å². The Morgan fingerprint density at radius 1 is 1.20 bits per heavy atom. The van der Waals surface area contributed by atoms with Crippen molar-refractivity contribution in [3.05, 3.63) is 47.0 Å². The van der Waals surface area contributed by atoms with E-state index in [2.05, 4.69) is 15.0 Å². The molecule has 7 nitrogen and oxygen atoms in total. The van der Waals surface area contributed by atoms with Crippen LogP contribution in [0.3, 0.4) is 0 Å². The number of alkyl halides is 3. The number of aromatic nitrogens is 3. The highest BCUT2D eigenvalue weighted by Crippen LogP contribution is 2.29. The summed E-state index contributed by atoms with van der Waals surface area (Å²) in [6, 6.07) is 2.49. The lowest BCUT2D eigenvalue weighted by Crippen LogP contribution is -2.39. The molecule has 2 aromatic heterocycles. The average Bonchev–Trinajstić information content (AvgIpc) is 2.99. The van der Waals surface area contributed by atoms with Gasteiger partial charge in [0.25, 0.3) is 0 Å². The molecule has 11 heteroatoms. The Kier molecular flexibility index (Phi) is 6.55. The highest BCUT2D eigenvalue weighted by Gasteiger charge is 2.40.